The van der Waals surface area contributed by atoms with E-state index >= 15 is 0 Å². The fraction of sp³-hybridized carbons (Fsp3) is 0.545. The van der Waals surface area contributed by atoms with Crippen molar-refractivity contribution in [1.29, 1.82) is 0 Å². The van der Waals surface area contributed by atoms with Crippen molar-refractivity contribution in [2.45, 2.75) is 32.2 Å². The van der Waals surface area contributed by atoms with Crippen LogP contribution in [0.25, 0.3) is 0 Å². The first-order valence-electron chi connectivity index (χ1n) is 5.28. The second kappa shape index (κ2) is 5.85. The molecule has 3 nitrogen and oxygen atoms in total. The zero-order valence-electron chi connectivity index (χ0n) is 9.19. The Balaban J connectivity index is 2.66. The maximum absolute atomic E-state index is 5.71. The molecule has 1 rings (SSSR count). The minimum absolute atomic E-state index is 0.344. The summed E-state index contributed by atoms with van der Waals surface area (Å²) in [4.78, 5) is 6.17. The fourth-order valence-electron chi connectivity index (χ4n) is 1.56. The average Bonchev–Trinajstić information content (AvgIpc) is 2.24. The van der Waals surface area contributed by atoms with Crippen molar-refractivity contribution in [3.63, 3.8) is 0 Å². The Labute approximate surface area is 97.2 Å². The predicted octanol–water partition coefficient (Wildman–Crippen LogP) is 2.13. The van der Waals surface area contributed by atoms with Gasteiger partial charge in [0, 0.05) is 18.0 Å². The zero-order valence-corrected chi connectivity index (χ0v) is 10.1. The van der Waals surface area contributed by atoms with Crippen LogP contribution in [0, 0.1) is 0 Å². The molecule has 0 aromatic heterocycles. The molecule has 1 heterocycles. The smallest absolute Gasteiger partial charge is 0.125 e. The quantitative estimate of drug-likeness (QED) is 0.704. The van der Waals surface area contributed by atoms with Crippen LogP contribution < -0.4 is 5.73 Å². The Bertz CT molecular complexity index is 284. The monoisotopic (exact) mass is 225 g/mol. The summed E-state index contributed by atoms with van der Waals surface area (Å²) >= 11 is 4.36. The SMILES string of the molecule is C=C1N=CC(N)=CN1C(CS)CCCC. The third kappa shape index (κ3) is 3.30. The molecule has 15 heavy (non-hydrogen) atoms. The van der Waals surface area contributed by atoms with Crippen LogP contribution in [0.4, 0.5) is 0 Å². The van der Waals surface area contributed by atoms with Gasteiger partial charge >= 0.3 is 0 Å². The number of allylic oxidation sites excluding steroid dienone is 1. The van der Waals surface area contributed by atoms with Crippen molar-refractivity contribution in [3.8, 4) is 0 Å². The minimum Gasteiger partial charge on any atom is -0.396 e. The fourth-order valence-corrected chi connectivity index (χ4v) is 1.92. The molecule has 0 saturated heterocycles. The van der Waals surface area contributed by atoms with Gasteiger partial charge < -0.3 is 10.6 Å². The van der Waals surface area contributed by atoms with Crippen LogP contribution in [0.5, 0.6) is 0 Å². The van der Waals surface area contributed by atoms with Gasteiger partial charge in [0.05, 0.1) is 11.9 Å². The van der Waals surface area contributed by atoms with E-state index in [1.54, 1.807) is 6.21 Å². The molecule has 1 atom stereocenters. The van der Waals surface area contributed by atoms with Crippen LogP contribution in [0.1, 0.15) is 26.2 Å². The van der Waals surface area contributed by atoms with Crippen molar-refractivity contribution in [3.05, 3.63) is 24.3 Å². The molecule has 4 heteroatoms. The highest BCUT2D eigenvalue weighted by Gasteiger charge is 2.18. The summed E-state index contributed by atoms with van der Waals surface area (Å²) in [6.45, 7) is 6.08. The van der Waals surface area contributed by atoms with Crippen molar-refractivity contribution in [1.82, 2.24) is 4.90 Å². The second-order valence-electron chi connectivity index (χ2n) is 3.69. The molecule has 1 aliphatic rings. The number of unbranched alkanes of at least 4 members (excludes halogenated alkanes) is 1. The molecule has 0 saturated carbocycles. The second-order valence-corrected chi connectivity index (χ2v) is 4.05. The lowest BCUT2D eigenvalue weighted by atomic mass is 10.1. The summed E-state index contributed by atoms with van der Waals surface area (Å²) in [6.07, 6.45) is 7.00. The summed E-state index contributed by atoms with van der Waals surface area (Å²) in [5.74, 6) is 1.54. The molecule has 0 bridgehead atoms. The third-order valence-corrected chi connectivity index (χ3v) is 2.87. The van der Waals surface area contributed by atoms with Gasteiger partial charge in [0.25, 0.3) is 0 Å². The van der Waals surface area contributed by atoms with Gasteiger partial charge in [-0.15, -0.1) is 0 Å². The van der Waals surface area contributed by atoms with Gasteiger partial charge in [0.15, 0.2) is 0 Å². The van der Waals surface area contributed by atoms with Crippen LogP contribution in [0.15, 0.2) is 29.3 Å². The molecule has 1 unspecified atom stereocenters. The van der Waals surface area contributed by atoms with Crippen molar-refractivity contribution in [2.75, 3.05) is 5.75 Å². The molecular weight excluding hydrogens is 206 g/mol. The minimum atomic E-state index is 0.344. The highest BCUT2D eigenvalue weighted by molar-refractivity contribution is 7.80. The number of hydrogen-bond acceptors (Lipinski definition) is 4. The van der Waals surface area contributed by atoms with Gasteiger partial charge in [-0.2, -0.15) is 12.6 Å². The number of rotatable bonds is 5. The van der Waals surface area contributed by atoms with E-state index in [1.165, 1.54) is 12.8 Å². The lowest BCUT2D eigenvalue weighted by Crippen LogP contribution is -2.33. The van der Waals surface area contributed by atoms with Gasteiger partial charge in [-0.25, -0.2) is 4.99 Å². The summed E-state index contributed by atoms with van der Waals surface area (Å²) in [6, 6.07) is 0.344. The van der Waals surface area contributed by atoms with Gasteiger partial charge in [0.2, 0.25) is 0 Å². The van der Waals surface area contributed by atoms with Gasteiger partial charge in [-0.3, -0.25) is 0 Å². The molecule has 2 N–H and O–H groups in total. The number of hydrogen-bond donors (Lipinski definition) is 2. The van der Waals surface area contributed by atoms with Crippen LogP contribution in [0.3, 0.4) is 0 Å². The first-order valence-corrected chi connectivity index (χ1v) is 5.91. The van der Waals surface area contributed by atoms with E-state index in [4.69, 9.17) is 5.73 Å². The first-order chi connectivity index (χ1) is 7.19. The zero-order chi connectivity index (χ0) is 11.3. The van der Waals surface area contributed by atoms with E-state index in [9.17, 15) is 0 Å². The van der Waals surface area contributed by atoms with E-state index in [0.29, 0.717) is 11.7 Å². The molecule has 0 radical (unpaired) electrons. The van der Waals surface area contributed by atoms with Crippen molar-refractivity contribution in [2.24, 2.45) is 10.7 Å². The average molecular weight is 225 g/mol. The molecule has 84 valence electrons. The van der Waals surface area contributed by atoms with Gasteiger partial charge in [-0.05, 0) is 6.42 Å². The number of nitrogens with zero attached hydrogens (tertiary/aromatic N) is 2. The summed E-state index contributed by atoms with van der Waals surface area (Å²) in [5.41, 5.74) is 6.38. The molecule has 1 aliphatic heterocycles. The highest BCUT2D eigenvalue weighted by Crippen LogP contribution is 2.19. The van der Waals surface area contributed by atoms with E-state index < -0.39 is 0 Å². The number of thiol groups is 1. The molecule has 0 amide bonds. The van der Waals surface area contributed by atoms with Crippen LogP contribution in [-0.2, 0) is 0 Å². The summed E-state index contributed by atoms with van der Waals surface area (Å²) in [5, 5.41) is 0. The summed E-state index contributed by atoms with van der Waals surface area (Å²) in [7, 11) is 0. The molecule has 0 fully saturated rings. The molecule has 0 aliphatic carbocycles. The Morgan fingerprint density at radius 3 is 3.00 bits per heavy atom. The van der Waals surface area contributed by atoms with Crippen LogP contribution >= 0.6 is 12.6 Å². The van der Waals surface area contributed by atoms with Gasteiger partial charge in [0.1, 0.15) is 5.82 Å². The van der Waals surface area contributed by atoms with E-state index in [-0.39, 0.29) is 0 Å². The predicted molar refractivity (Wildman–Crippen MR) is 68.9 cm³/mol. The maximum Gasteiger partial charge on any atom is 0.125 e. The topological polar surface area (TPSA) is 41.6 Å². The standard InChI is InChI=1S/C11H19N3S/c1-3-4-5-11(8-15)14-7-10(12)6-13-9(14)2/h6-7,11,15H,2-5,8,12H2,1H3. The normalized spacial score (nSPS) is 17.9. The highest BCUT2D eigenvalue weighted by atomic mass is 32.1. The Hall–Kier alpha value is -0.900. The maximum atomic E-state index is 5.71. The number of nitrogens with two attached hydrogens (primary N) is 1. The molecular formula is C11H19N3S. The van der Waals surface area contributed by atoms with Crippen LogP contribution in [0.2, 0.25) is 0 Å². The van der Waals surface area contributed by atoms with Crippen LogP contribution in [-0.4, -0.2) is 22.9 Å². The lowest BCUT2D eigenvalue weighted by Gasteiger charge is -2.31. The Kier molecular flexibility index (Phi) is 4.75. The Morgan fingerprint density at radius 1 is 1.67 bits per heavy atom. The molecule has 0 spiro atoms. The summed E-state index contributed by atoms with van der Waals surface area (Å²) < 4.78 is 0. The Morgan fingerprint density at radius 2 is 2.40 bits per heavy atom. The van der Waals surface area contributed by atoms with E-state index in [1.807, 2.05) is 11.1 Å². The first kappa shape index (κ1) is 12.2. The van der Waals surface area contributed by atoms with E-state index in [0.717, 1.165) is 18.0 Å². The number of aliphatic imine (C=N–C) groups is 1. The molecule has 0 aromatic carbocycles. The molecule has 0 aromatic rings. The largest absolute Gasteiger partial charge is 0.396 e. The van der Waals surface area contributed by atoms with Crippen molar-refractivity contribution >= 4 is 18.8 Å². The van der Waals surface area contributed by atoms with E-state index in [2.05, 4.69) is 31.1 Å². The third-order valence-electron chi connectivity index (χ3n) is 2.44. The van der Waals surface area contributed by atoms with Crippen molar-refractivity contribution < 1.29 is 0 Å². The van der Waals surface area contributed by atoms with Gasteiger partial charge in [-0.1, -0.05) is 26.3 Å². The lowest BCUT2D eigenvalue weighted by molar-refractivity contribution is 0.336.